The second-order valence-corrected chi connectivity index (χ2v) is 2.59. The SMILES string of the molecule is [N-]=C=C(C=O)c1cccc(Cl)c1. The van der Waals surface area contributed by atoms with Crippen LogP contribution < -0.4 is 0 Å². The minimum Gasteiger partial charge on any atom is -0.763 e. The number of rotatable bonds is 2. The Morgan fingerprint density at radius 3 is 2.83 bits per heavy atom. The van der Waals surface area contributed by atoms with Crippen molar-refractivity contribution in [3.8, 4) is 0 Å². The molecule has 12 heavy (non-hydrogen) atoms. The van der Waals surface area contributed by atoms with Crippen molar-refractivity contribution in [1.29, 1.82) is 0 Å². The van der Waals surface area contributed by atoms with E-state index in [1.165, 1.54) is 0 Å². The van der Waals surface area contributed by atoms with Crippen molar-refractivity contribution in [3.05, 3.63) is 40.3 Å². The summed E-state index contributed by atoms with van der Waals surface area (Å²) in [5.74, 6) is 1.79. The highest BCUT2D eigenvalue weighted by atomic mass is 35.5. The molecule has 0 aromatic heterocycles. The molecule has 0 fully saturated rings. The first kappa shape index (κ1) is 8.72. The fourth-order valence-corrected chi connectivity index (χ4v) is 1.01. The number of nitrogens with zero attached hydrogens (tertiary/aromatic N) is 1. The molecule has 1 aromatic rings. The molecule has 0 atom stereocenters. The van der Waals surface area contributed by atoms with Crippen LogP contribution in [0, 0.1) is 0 Å². The summed E-state index contributed by atoms with van der Waals surface area (Å²) in [6.45, 7) is 0. The van der Waals surface area contributed by atoms with Crippen molar-refractivity contribution in [2.45, 2.75) is 0 Å². The van der Waals surface area contributed by atoms with E-state index >= 15 is 0 Å². The van der Waals surface area contributed by atoms with Crippen molar-refractivity contribution in [3.63, 3.8) is 0 Å². The molecule has 3 heteroatoms. The predicted octanol–water partition coefficient (Wildman–Crippen LogP) is 2.16. The normalized spacial score (nSPS) is 8.75. The van der Waals surface area contributed by atoms with Crippen LogP contribution in [0.1, 0.15) is 5.56 Å². The Labute approximate surface area is 75.0 Å². The number of halogens is 1. The minimum atomic E-state index is 0.0949. The van der Waals surface area contributed by atoms with Crippen LogP contribution in [0.4, 0.5) is 0 Å². The monoisotopic (exact) mass is 178 g/mol. The summed E-state index contributed by atoms with van der Waals surface area (Å²) in [6, 6.07) is 6.62. The summed E-state index contributed by atoms with van der Waals surface area (Å²) in [6.07, 6.45) is 0.520. The van der Waals surface area contributed by atoms with E-state index in [1.54, 1.807) is 30.1 Å². The summed E-state index contributed by atoms with van der Waals surface area (Å²) in [5.41, 5.74) is 0.650. The van der Waals surface area contributed by atoms with Gasteiger partial charge in [0.25, 0.3) is 0 Å². The van der Waals surface area contributed by atoms with Crippen LogP contribution in [0.5, 0.6) is 0 Å². The van der Waals surface area contributed by atoms with Gasteiger partial charge >= 0.3 is 0 Å². The Balaban J connectivity index is 3.19. The average Bonchev–Trinajstić information content (AvgIpc) is 2.07. The Kier molecular flexibility index (Phi) is 2.81. The fraction of sp³-hybridized carbons (Fsp3) is 0. The molecule has 0 aliphatic rings. The molecule has 0 heterocycles. The summed E-state index contributed by atoms with van der Waals surface area (Å²) in [4.78, 5) is 10.3. The molecule has 1 rings (SSSR count). The average molecular weight is 179 g/mol. The molecule has 2 nitrogen and oxygen atoms in total. The van der Waals surface area contributed by atoms with Crippen molar-refractivity contribution in [1.82, 2.24) is 0 Å². The summed E-state index contributed by atoms with van der Waals surface area (Å²) in [7, 11) is 0. The molecule has 0 amide bonds. The second kappa shape index (κ2) is 3.86. The molecule has 0 aliphatic carbocycles. The summed E-state index contributed by atoms with van der Waals surface area (Å²) in [5, 5.41) is 9.02. The van der Waals surface area contributed by atoms with Gasteiger partial charge in [0.05, 0.1) is 0 Å². The van der Waals surface area contributed by atoms with E-state index in [9.17, 15) is 4.79 Å². The molecule has 0 bridgehead atoms. The van der Waals surface area contributed by atoms with Crippen molar-refractivity contribution in [2.24, 2.45) is 0 Å². The third-order valence-corrected chi connectivity index (χ3v) is 1.61. The zero-order valence-electron chi connectivity index (χ0n) is 6.12. The summed E-state index contributed by atoms with van der Waals surface area (Å²) < 4.78 is 0. The second-order valence-electron chi connectivity index (χ2n) is 2.15. The molecule has 0 aliphatic heterocycles. The molecule has 0 N–H and O–H groups in total. The maximum atomic E-state index is 10.3. The van der Waals surface area contributed by atoms with E-state index in [0.717, 1.165) is 0 Å². The van der Waals surface area contributed by atoms with Crippen LogP contribution in [-0.4, -0.2) is 12.2 Å². The first-order valence-electron chi connectivity index (χ1n) is 3.26. The van der Waals surface area contributed by atoms with Gasteiger partial charge in [-0.25, -0.2) is 0 Å². The molecule has 0 radical (unpaired) electrons. The van der Waals surface area contributed by atoms with Crippen LogP contribution in [0.3, 0.4) is 0 Å². The van der Waals surface area contributed by atoms with Crippen molar-refractivity contribution in [2.75, 3.05) is 0 Å². The van der Waals surface area contributed by atoms with Gasteiger partial charge in [0.1, 0.15) is 0 Å². The molecule has 0 saturated carbocycles. The van der Waals surface area contributed by atoms with Gasteiger partial charge in [0.15, 0.2) is 6.29 Å². The zero-order chi connectivity index (χ0) is 8.97. The number of hydrogen-bond donors (Lipinski definition) is 0. The first-order valence-corrected chi connectivity index (χ1v) is 3.64. The quantitative estimate of drug-likeness (QED) is 0.389. The third kappa shape index (κ3) is 1.82. The maximum Gasteiger partial charge on any atom is 0.156 e. The zero-order valence-corrected chi connectivity index (χ0v) is 6.88. The lowest BCUT2D eigenvalue weighted by atomic mass is 10.1. The molecule has 0 unspecified atom stereocenters. The highest BCUT2D eigenvalue weighted by Crippen LogP contribution is 2.15. The highest BCUT2D eigenvalue weighted by molar-refractivity contribution is 6.31. The number of benzene rings is 1. The fourth-order valence-electron chi connectivity index (χ4n) is 0.815. The Bertz CT molecular complexity index is 353. The Morgan fingerprint density at radius 2 is 2.33 bits per heavy atom. The maximum absolute atomic E-state index is 10.3. The highest BCUT2D eigenvalue weighted by Gasteiger charge is 1.96. The molecule has 60 valence electrons. The first-order chi connectivity index (χ1) is 5.77. The Hall–Kier alpha value is -1.37. The van der Waals surface area contributed by atoms with Gasteiger partial charge < -0.3 is 5.41 Å². The molecular weight excluding hydrogens is 174 g/mol. The number of allylic oxidation sites excluding steroid dienone is 1. The van der Waals surface area contributed by atoms with Crippen molar-refractivity contribution >= 4 is 29.3 Å². The topological polar surface area (TPSA) is 39.4 Å². The molecule has 0 saturated heterocycles. The largest absolute Gasteiger partial charge is 0.763 e. The predicted molar refractivity (Wildman–Crippen MR) is 49.3 cm³/mol. The lowest BCUT2D eigenvalue weighted by molar-refractivity contribution is -0.103. The number of carbonyl (C=O) groups excluding carboxylic acids is 1. The minimum absolute atomic E-state index is 0.0949. The third-order valence-electron chi connectivity index (χ3n) is 1.37. The van der Waals surface area contributed by atoms with Gasteiger partial charge in [-0.3, -0.25) is 10.7 Å². The van der Waals surface area contributed by atoms with E-state index in [2.05, 4.69) is 0 Å². The van der Waals surface area contributed by atoms with Crippen molar-refractivity contribution < 1.29 is 4.79 Å². The number of hydrogen-bond acceptors (Lipinski definition) is 1. The van der Waals surface area contributed by atoms with E-state index in [4.69, 9.17) is 17.0 Å². The van der Waals surface area contributed by atoms with Gasteiger partial charge in [-0.1, -0.05) is 23.7 Å². The van der Waals surface area contributed by atoms with Crippen LogP contribution in [0.25, 0.3) is 11.0 Å². The lowest BCUT2D eigenvalue weighted by Crippen LogP contribution is -1.85. The van der Waals surface area contributed by atoms with Crippen LogP contribution in [0.2, 0.25) is 5.02 Å². The van der Waals surface area contributed by atoms with Gasteiger partial charge in [-0.05, 0) is 17.7 Å². The van der Waals surface area contributed by atoms with Gasteiger partial charge in [0, 0.05) is 10.6 Å². The van der Waals surface area contributed by atoms with Crippen LogP contribution in [-0.2, 0) is 4.79 Å². The number of carbonyl (C=O) groups is 1. The van der Waals surface area contributed by atoms with Gasteiger partial charge in [-0.15, -0.1) is 0 Å². The van der Waals surface area contributed by atoms with E-state index in [1.807, 2.05) is 0 Å². The molecular formula is C9H5ClNO-. The van der Waals surface area contributed by atoms with Gasteiger partial charge in [0.2, 0.25) is 0 Å². The van der Waals surface area contributed by atoms with E-state index in [-0.39, 0.29) is 5.57 Å². The number of aldehydes is 1. The Morgan fingerprint density at radius 1 is 1.58 bits per heavy atom. The summed E-state index contributed by atoms with van der Waals surface area (Å²) >= 11 is 5.66. The van der Waals surface area contributed by atoms with E-state index < -0.39 is 0 Å². The van der Waals surface area contributed by atoms with Crippen LogP contribution in [0.15, 0.2) is 24.3 Å². The van der Waals surface area contributed by atoms with Crippen LogP contribution >= 0.6 is 11.6 Å². The lowest BCUT2D eigenvalue weighted by Gasteiger charge is -1.98. The molecule has 0 spiro atoms. The molecule has 1 aromatic carbocycles. The van der Waals surface area contributed by atoms with Gasteiger partial charge in [-0.2, -0.15) is 0 Å². The standard InChI is InChI=1S/C9H5ClNO/c10-9-3-1-2-7(4-9)8(5-11)6-12/h1-4,6H/q-1. The smallest absolute Gasteiger partial charge is 0.156 e. The van der Waals surface area contributed by atoms with E-state index in [0.29, 0.717) is 16.9 Å².